The number of methoxy groups -OCH3 is 2. The number of rotatable bonds is 2. The van der Waals surface area contributed by atoms with Gasteiger partial charge in [-0.3, -0.25) is 0 Å². The Morgan fingerprint density at radius 2 is 1.32 bits per heavy atom. The molecule has 2 aliphatic carbocycles. The van der Waals surface area contributed by atoms with Gasteiger partial charge < -0.3 is 19.1 Å². The van der Waals surface area contributed by atoms with Crippen LogP contribution in [0.5, 0.6) is 0 Å². The maximum absolute atomic E-state index is 10.6. The van der Waals surface area contributed by atoms with E-state index in [1.165, 1.54) is 14.2 Å². The summed E-state index contributed by atoms with van der Waals surface area (Å²) in [7, 11) is 2.73. The van der Waals surface area contributed by atoms with E-state index < -0.39 is 0 Å². The van der Waals surface area contributed by atoms with E-state index in [9.17, 15) is 9.59 Å². The van der Waals surface area contributed by atoms with Crippen LogP contribution in [0.25, 0.3) is 0 Å². The van der Waals surface area contributed by atoms with Crippen molar-refractivity contribution in [1.82, 2.24) is 0 Å². The number of allylic oxidation sites excluding steroid dienone is 4. The monoisotopic (exact) mass is 302 g/mol. The minimum atomic E-state index is -0.302. The zero-order valence-electron chi connectivity index (χ0n) is 10.7. The maximum Gasteiger partial charge on any atom is 2.00 e. The van der Waals surface area contributed by atoms with Crippen molar-refractivity contribution in [3.8, 4) is 0 Å². The number of esters is 2. The Balaban J connectivity index is 0.000000324. The quantitative estimate of drug-likeness (QED) is 0.442. The van der Waals surface area contributed by atoms with Gasteiger partial charge in [0.1, 0.15) is 0 Å². The molecule has 0 aromatic rings. The van der Waals surface area contributed by atoms with Crippen LogP contribution in [0.1, 0.15) is 12.8 Å². The van der Waals surface area contributed by atoms with E-state index in [2.05, 4.69) is 21.6 Å². The first-order chi connectivity index (χ1) is 8.69. The third-order valence-electron chi connectivity index (χ3n) is 2.20. The fourth-order valence-electron chi connectivity index (χ4n) is 1.31. The van der Waals surface area contributed by atoms with Gasteiger partial charge in [0.2, 0.25) is 11.9 Å². The van der Waals surface area contributed by atoms with Crippen molar-refractivity contribution in [2.45, 2.75) is 12.8 Å². The van der Waals surface area contributed by atoms with Gasteiger partial charge in [0.15, 0.2) is 0 Å². The van der Waals surface area contributed by atoms with Crippen molar-refractivity contribution in [3.05, 3.63) is 47.6 Å². The Morgan fingerprint density at radius 3 is 1.53 bits per heavy atom. The summed E-state index contributed by atoms with van der Waals surface area (Å²) in [5.41, 5.74) is 1.08. The van der Waals surface area contributed by atoms with Gasteiger partial charge in [-0.25, -0.2) is 0 Å². The molecule has 0 radical (unpaired) electrons. The molecule has 102 valence electrons. The molecule has 4 nitrogen and oxygen atoms in total. The number of carbonyl (C=O) groups excluding carboxylic acids is 2. The second kappa shape index (κ2) is 9.36. The molecular formula is C14H14FeO4. The molecule has 0 aromatic heterocycles. The van der Waals surface area contributed by atoms with Gasteiger partial charge in [-0.15, -0.1) is 23.3 Å². The molecule has 0 aromatic carbocycles. The Kier molecular flexibility index (Phi) is 8.58. The zero-order valence-corrected chi connectivity index (χ0v) is 11.8. The first-order valence-corrected chi connectivity index (χ1v) is 5.40. The van der Waals surface area contributed by atoms with Gasteiger partial charge >= 0.3 is 17.1 Å². The second-order valence-electron chi connectivity index (χ2n) is 3.38. The first-order valence-electron chi connectivity index (χ1n) is 5.40. The van der Waals surface area contributed by atoms with E-state index in [0.717, 1.165) is 12.8 Å². The topological polar surface area (TPSA) is 52.6 Å². The number of carbonyl (C=O) groups is 2. The molecule has 0 amide bonds. The van der Waals surface area contributed by atoms with Gasteiger partial charge in [-0.05, 0) is 0 Å². The SMILES string of the molecule is COC(=O)C1=[C-]CC=C1.COC(=O)C1=[C-]CC=C1.[Fe+2]. The molecule has 2 rings (SSSR count). The third-order valence-corrected chi connectivity index (χ3v) is 2.20. The summed E-state index contributed by atoms with van der Waals surface area (Å²) < 4.78 is 8.89. The van der Waals surface area contributed by atoms with Crippen molar-refractivity contribution >= 4 is 11.9 Å². The average Bonchev–Trinajstić information content (AvgIpc) is 3.09. The third kappa shape index (κ3) is 5.73. The number of hydrogen-bond donors (Lipinski definition) is 0. The Morgan fingerprint density at radius 1 is 0.947 bits per heavy atom. The van der Waals surface area contributed by atoms with E-state index in [1.54, 1.807) is 12.2 Å². The molecule has 0 atom stereocenters. The maximum atomic E-state index is 10.6. The molecule has 0 fully saturated rings. The Labute approximate surface area is 123 Å². The Bertz CT molecular complexity index is 402. The summed E-state index contributed by atoms with van der Waals surface area (Å²) in [6.45, 7) is 0. The van der Waals surface area contributed by atoms with E-state index in [1.807, 2.05) is 12.2 Å². The summed E-state index contributed by atoms with van der Waals surface area (Å²) in [5, 5.41) is 0. The molecular weight excluding hydrogens is 288 g/mol. The molecule has 0 unspecified atom stereocenters. The predicted molar refractivity (Wildman–Crippen MR) is 65.1 cm³/mol. The fourth-order valence-corrected chi connectivity index (χ4v) is 1.31. The molecule has 0 saturated carbocycles. The minimum absolute atomic E-state index is 0. The van der Waals surface area contributed by atoms with Gasteiger partial charge in [-0.2, -0.15) is 24.3 Å². The molecule has 0 spiro atoms. The van der Waals surface area contributed by atoms with Gasteiger partial charge in [-0.1, -0.05) is 12.8 Å². The summed E-state index contributed by atoms with van der Waals surface area (Å²) in [4.78, 5) is 21.3. The van der Waals surface area contributed by atoms with Crippen molar-refractivity contribution in [2.75, 3.05) is 14.2 Å². The molecule has 2 aliphatic rings. The van der Waals surface area contributed by atoms with E-state index in [4.69, 9.17) is 0 Å². The van der Waals surface area contributed by atoms with E-state index in [0.29, 0.717) is 11.1 Å². The molecule has 0 bridgehead atoms. The molecule has 0 saturated heterocycles. The normalized spacial score (nSPS) is 14.6. The van der Waals surface area contributed by atoms with Crippen LogP contribution in [0.4, 0.5) is 0 Å². The van der Waals surface area contributed by atoms with E-state index >= 15 is 0 Å². The summed E-state index contributed by atoms with van der Waals surface area (Å²) in [5.74, 6) is -0.604. The van der Waals surface area contributed by atoms with Crippen molar-refractivity contribution in [3.63, 3.8) is 0 Å². The number of ether oxygens (including phenoxy) is 2. The van der Waals surface area contributed by atoms with Crippen LogP contribution < -0.4 is 0 Å². The average molecular weight is 302 g/mol. The van der Waals surface area contributed by atoms with E-state index in [-0.39, 0.29) is 29.0 Å². The number of hydrogen-bond acceptors (Lipinski definition) is 4. The fraction of sp³-hybridized carbons (Fsp3) is 0.286. The summed E-state index contributed by atoms with van der Waals surface area (Å²) in [6, 6.07) is 0. The standard InChI is InChI=1S/2C7H7O2.Fe/c2*1-9-7(8)6-4-2-3-5-6;/h2*2,4H,3H2,1H3;/q2*-1;+2. The van der Waals surface area contributed by atoms with Crippen LogP contribution >= 0.6 is 0 Å². The van der Waals surface area contributed by atoms with Crippen LogP contribution in [-0.2, 0) is 36.1 Å². The van der Waals surface area contributed by atoms with Crippen molar-refractivity contribution in [1.29, 1.82) is 0 Å². The van der Waals surface area contributed by atoms with Gasteiger partial charge in [0, 0.05) is 0 Å². The smallest absolute Gasteiger partial charge is 0.523 e. The summed E-state index contributed by atoms with van der Waals surface area (Å²) >= 11 is 0. The molecule has 5 heteroatoms. The molecule has 0 aliphatic heterocycles. The van der Waals surface area contributed by atoms with Gasteiger partial charge in [0.25, 0.3) is 0 Å². The van der Waals surface area contributed by atoms with Crippen LogP contribution in [0.3, 0.4) is 0 Å². The van der Waals surface area contributed by atoms with Crippen LogP contribution in [-0.4, -0.2) is 26.2 Å². The largest absolute Gasteiger partial charge is 2.00 e. The van der Waals surface area contributed by atoms with Gasteiger partial charge in [0.05, 0.1) is 14.2 Å². The predicted octanol–water partition coefficient (Wildman–Crippen LogP) is 1.70. The minimum Gasteiger partial charge on any atom is -0.523 e. The summed E-state index contributed by atoms with van der Waals surface area (Å²) in [6.07, 6.45) is 14.3. The first kappa shape index (κ1) is 17.4. The van der Waals surface area contributed by atoms with Crippen LogP contribution in [0.2, 0.25) is 0 Å². The van der Waals surface area contributed by atoms with Crippen molar-refractivity contribution < 1.29 is 36.1 Å². The van der Waals surface area contributed by atoms with Crippen molar-refractivity contribution in [2.24, 2.45) is 0 Å². The van der Waals surface area contributed by atoms with Crippen LogP contribution in [0, 0.1) is 12.2 Å². The molecule has 0 N–H and O–H groups in total. The molecule has 0 heterocycles. The second-order valence-corrected chi connectivity index (χ2v) is 3.38. The zero-order chi connectivity index (χ0) is 13.4. The Hall–Kier alpha value is -1.58. The van der Waals surface area contributed by atoms with Crippen LogP contribution in [0.15, 0.2) is 35.5 Å². The molecule has 19 heavy (non-hydrogen) atoms.